The third kappa shape index (κ3) is 5.41. The molecule has 0 spiro atoms. The van der Waals surface area contributed by atoms with Crippen LogP contribution in [0.2, 0.25) is 0 Å². The number of nitrogens with one attached hydrogen (secondary N) is 2. The van der Waals surface area contributed by atoms with Crippen LogP contribution < -0.4 is 10.6 Å². The number of hydrogen-bond acceptors (Lipinski definition) is 6. The Morgan fingerprint density at radius 3 is 2.65 bits per heavy atom. The van der Waals surface area contributed by atoms with E-state index in [0.29, 0.717) is 18.8 Å². The maximum Gasteiger partial charge on any atom is 0.317 e. The van der Waals surface area contributed by atoms with Gasteiger partial charge in [-0.1, -0.05) is 19.1 Å². The zero-order valence-corrected chi connectivity index (χ0v) is 14.7. The summed E-state index contributed by atoms with van der Waals surface area (Å²) in [6.07, 6.45) is 1.69. The van der Waals surface area contributed by atoms with Gasteiger partial charge >= 0.3 is 5.97 Å². The van der Waals surface area contributed by atoms with E-state index >= 15 is 0 Å². The average Bonchev–Trinajstić information content (AvgIpc) is 2.56. The molecule has 0 atom stereocenters. The monoisotopic (exact) mass is 364 g/mol. The Hall–Kier alpha value is -2.68. The number of carboxylic acid groups (broad SMARTS) is 1. The van der Waals surface area contributed by atoms with Gasteiger partial charge in [0.1, 0.15) is 5.69 Å². The fraction of sp³-hybridized carbons (Fsp3) is 0.529. The summed E-state index contributed by atoms with van der Waals surface area (Å²) in [5.41, 5.74) is 0.370. The Morgan fingerprint density at radius 1 is 1.35 bits per heavy atom. The van der Waals surface area contributed by atoms with Crippen molar-refractivity contribution in [1.29, 1.82) is 0 Å². The lowest BCUT2D eigenvalue weighted by molar-refractivity contribution is -0.384. The maximum absolute atomic E-state index is 12.0. The summed E-state index contributed by atoms with van der Waals surface area (Å²) in [7, 11) is 0. The number of nitro groups is 1. The second kappa shape index (κ2) is 9.14. The SMILES string of the molecule is CCN(CC(=O)O)C1CC(NC(=O)CCNc2ccccc2[N+](=O)[O-])C1. The Kier molecular flexibility index (Phi) is 6.90. The lowest BCUT2D eigenvalue weighted by Gasteiger charge is -2.42. The number of rotatable bonds is 10. The molecule has 1 saturated carbocycles. The van der Waals surface area contributed by atoms with E-state index in [4.69, 9.17) is 5.11 Å². The number of nitrogens with zero attached hydrogens (tertiary/aromatic N) is 2. The molecule has 1 aliphatic rings. The van der Waals surface area contributed by atoms with Crippen LogP contribution in [-0.4, -0.2) is 58.5 Å². The van der Waals surface area contributed by atoms with Gasteiger partial charge in [0.2, 0.25) is 5.91 Å². The number of carbonyl (C=O) groups excluding carboxylic acids is 1. The highest BCUT2D eigenvalue weighted by molar-refractivity contribution is 5.77. The molecule has 3 N–H and O–H groups in total. The Morgan fingerprint density at radius 2 is 2.04 bits per heavy atom. The fourth-order valence-electron chi connectivity index (χ4n) is 3.07. The molecular weight excluding hydrogens is 340 g/mol. The molecule has 1 amide bonds. The molecule has 0 aromatic heterocycles. The minimum absolute atomic E-state index is 0.0155. The Labute approximate surface area is 151 Å². The fourth-order valence-corrected chi connectivity index (χ4v) is 3.07. The molecule has 9 heteroatoms. The highest BCUT2D eigenvalue weighted by atomic mass is 16.6. The molecule has 0 unspecified atom stereocenters. The number of aliphatic carboxylic acids is 1. The zero-order chi connectivity index (χ0) is 19.1. The molecule has 0 radical (unpaired) electrons. The first kappa shape index (κ1) is 19.6. The summed E-state index contributed by atoms with van der Waals surface area (Å²) < 4.78 is 0. The van der Waals surface area contributed by atoms with Crippen molar-refractivity contribution in [2.45, 2.75) is 38.3 Å². The lowest BCUT2D eigenvalue weighted by Crippen LogP contribution is -2.54. The highest BCUT2D eigenvalue weighted by Crippen LogP contribution is 2.26. The molecule has 0 saturated heterocycles. The third-order valence-corrected chi connectivity index (χ3v) is 4.51. The van der Waals surface area contributed by atoms with Gasteiger partial charge in [0.15, 0.2) is 0 Å². The summed E-state index contributed by atoms with van der Waals surface area (Å²) in [5.74, 6) is -0.971. The maximum atomic E-state index is 12.0. The molecule has 0 aliphatic heterocycles. The molecular formula is C17H24N4O5. The van der Waals surface area contributed by atoms with Gasteiger partial charge in [-0.2, -0.15) is 0 Å². The van der Waals surface area contributed by atoms with Gasteiger partial charge in [-0.05, 0) is 25.5 Å². The average molecular weight is 364 g/mol. The standard InChI is InChI=1S/C17H24N4O5/c1-2-20(11-17(23)24)13-9-12(10-13)19-16(22)7-8-18-14-5-3-4-6-15(14)21(25)26/h3-6,12-13,18H,2,7-11H2,1H3,(H,19,22)(H,23,24). The van der Waals surface area contributed by atoms with Crippen molar-refractivity contribution < 1.29 is 19.6 Å². The van der Waals surface area contributed by atoms with Crippen molar-refractivity contribution in [2.24, 2.45) is 0 Å². The Balaban J connectivity index is 1.69. The van der Waals surface area contributed by atoms with Crippen LogP contribution in [0.5, 0.6) is 0 Å². The van der Waals surface area contributed by atoms with Crippen LogP contribution in [-0.2, 0) is 9.59 Å². The van der Waals surface area contributed by atoms with Crippen LogP contribution in [0.25, 0.3) is 0 Å². The largest absolute Gasteiger partial charge is 0.480 e. The summed E-state index contributed by atoms with van der Waals surface area (Å²) in [5, 5.41) is 25.6. The van der Waals surface area contributed by atoms with Crippen LogP contribution in [0.4, 0.5) is 11.4 Å². The van der Waals surface area contributed by atoms with E-state index in [9.17, 15) is 19.7 Å². The summed E-state index contributed by atoms with van der Waals surface area (Å²) >= 11 is 0. The predicted octanol–water partition coefficient (Wildman–Crippen LogP) is 1.45. The van der Waals surface area contributed by atoms with E-state index < -0.39 is 10.9 Å². The number of amides is 1. The molecule has 1 fully saturated rings. The quantitative estimate of drug-likeness (QED) is 0.424. The van der Waals surface area contributed by atoms with E-state index in [1.165, 1.54) is 6.07 Å². The number of nitro benzene ring substituents is 1. The van der Waals surface area contributed by atoms with Crippen LogP contribution in [0.15, 0.2) is 24.3 Å². The van der Waals surface area contributed by atoms with E-state index in [1.807, 2.05) is 11.8 Å². The van der Waals surface area contributed by atoms with E-state index in [-0.39, 0.29) is 36.6 Å². The molecule has 2 rings (SSSR count). The normalized spacial score (nSPS) is 18.8. The Bertz CT molecular complexity index is 660. The van der Waals surface area contributed by atoms with Crippen LogP contribution >= 0.6 is 0 Å². The predicted molar refractivity (Wildman–Crippen MR) is 96.0 cm³/mol. The molecule has 26 heavy (non-hydrogen) atoms. The molecule has 0 heterocycles. The summed E-state index contributed by atoms with van der Waals surface area (Å²) in [4.78, 5) is 35.2. The van der Waals surface area contributed by atoms with Crippen molar-refractivity contribution in [1.82, 2.24) is 10.2 Å². The number of anilines is 1. The van der Waals surface area contributed by atoms with Crippen LogP contribution in [0, 0.1) is 10.1 Å². The number of carboxylic acids is 1. The second-order valence-corrected chi connectivity index (χ2v) is 6.30. The summed E-state index contributed by atoms with van der Waals surface area (Å²) in [6, 6.07) is 6.54. The van der Waals surface area contributed by atoms with Gasteiger partial charge in [0, 0.05) is 31.1 Å². The minimum atomic E-state index is -0.847. The first-order chi connectivity index (χ1) is 12.4. The van der Waals surface area contributed by atoms with E-state index in [0.717, 1.165) is 12.8 Å². The smallest absolute Gasteiger partial charge is 0.317 e. The van der Waals surface area contributed by atoms with Crippen molar-refractivity contribution in [3.8, 4) is 0 Å². The van der Waals surface area contributed by atoms with Gasteiger partial charge in [0.05, 0.1) is 11.5 Å². The van der Waals surface area contributed by atoms with Crippen LogP contribution in [0.1, 0.15) is 26.2 Å². The van der Waals surface area contributed by atoms with Gasteiger partial charge in [-0.25, -0.2) is 0 Å². The van der Waals surface area contributed by atoms with Gasteiger partial charge in [-0.3, -0.25) is 24.6 Å². The van der Waals surface area contributed by atoms with Crippen molar-refractivity contribution >= 4 is 23.3 Å². The van der Waals surface area contributed by atoms with E-state index in [1.54, 1.807) is 18.2 Å². The molecule has 1 aromatic rings. The molecule has 1 aliphatic carbocycles. The van der Waals surface area contributed by atoms with E-state index in [2.05, 4.69) is 10.6 Å². The van der Waals surface area contributed by atoms with Crippen molar-refractivity contribution in [3.05, 3.63) is 34.4 Å². The van der Waals surface area contributed by atoms with Gasteiger partial charge in [-0.15, -0.1) is 0 Å². The number of hydrogen-bond donors (Lipinski definition) is 3. The molecule has 0 bridgehead atoms. The van der Waals surface area contributed by atoms with Crippen LogP contribution in [0.3, 0.4) is 0 Å². The highest BCUT2D eigenvalue weighted by Gasteiger charge is 2.34. The first-order valence-electron chi connectivity index (χ1n) is 8.63. The third-order valence-electron chi connectivity index (χ3n) is 4.51. The number of likely N-dealkylation sites (N-methyl/N-ethyl adjacent to an activating group) is 1. The second-order valence-electron chi connectivity index (χ2n) is 6.30. The number of carbonyl (C=O) groups is 2. The first-order valence-corrected chi connectivity index (χ1v) is 8.63. The van der Waals surface area contributed by atoms with Crippen molar-refractivity contribution in [3.63, 3.8) is 0 Å². The minimum Gasteiger partial charge on any atom is -0.480 e. The summed E-state index contributed by atoms with van der Waals surface area (Å²) in [6.45, 7) is 2.90. The molecule has 142 valence electrons. The molecule has 1 aromatic carbocycles. The zero-order valence-electron chi connectivity index (χ0n) is 14.7. The van der Waals surface area contributed by atoms with Crippen molar-refractivity contribution in [2.75, 3.05) is 25.0 Å². The van der Waals surface area contributed by atoms with Gasteiger partial charge in [0.25, 0.3) is 5.69 Å². The molecule has 9 nitrogen and oxygen atoms in total. The van der Waals surface area contributed by atoms with Gasteiger partial charge < -0.3 is 15.7 Å². The number of para-hydroxylation sites is 2. The lowest BCUT2D eigenvalue weighted by atomic mass is 9.85. The topological polar surface area (TPSA) is 125 Å². The number of benzene rings is 1.